The van der Waals surface area contributed by atoms with Crippen LogP contribution >= 0.6 is 0 Å². The molecule has 0 aromatic heterocycles. The lowest BCUT2D eigenvalue weighted by Crippen LogP contribution is -2.34. The quantitative estimate of drug-likeness (QED) is 0.707. The van der Waals surface area contributed by atoms with E-state index in [1.807, 2.05) is 12.1 Å². The Balaban J connectivity index is 2.11. The van der Waals surface area contributed by atoms with Crippen molar-refractivity contribution in [1.29, 1.82) is 0 Å². The lowest BCUT2D eigenvalue weighted by Gasteiger charge is -2.35. The van der Waals surface area contributed by atoms with Gasteiger partial charge in [0.1, 0.15) is 5.78 Å². The molecule has 0 spiro atoms. The fraction of sp³-hybridized carbons (Fsp3) is 0.588. The summed E-state index contributed by atoms with van der Waals surface area (Å²) in [6.45, 7) is 4.93. The first-order valence-corrected chi connectivity index (χ1v) is 7.54. The molecule has 20 heavy (non-hydrogen) atoms. The number of rotatable bonds is 7. The van der Waals surface area contributed by atoms with Crippen molar-refractivity contribution in [3.63, 3.8) is 0 Å². The van der Waals surface area contributed by atoms with E-state index >= 15 is 0 Å². The van der Waals surface area contributed by atoms with Crippen molar-refractivity contribution in [2.75, 3.05) is 13.7 Å². The minimum atomic E-state index is 0.187. The Bertz CT molecular complexity index is 467. The Morgan fingerprint density at radius 3 is 2.65 bits per heavy atom. The molecule has 1 aromatic rings. The van der Waals surface area contributed by atoms with Crippen LogP contribution < -0.4 is 9.47 Å². The van der Waals surface area contributed by atoms with Gasteiger partial charge in [-0.25, -0.2) is 0 Å². The largest absolute Gasteiger partial charge is 0.493 e. The van der Waals surface area contributed by atoms with Gasteiger partial charge in [-0.05, 0) is 30.5 Å². The van der Waals surface area contributed by atoms with E-state index in [2.05, 4.69) is 19.9 Å². The molecular formula is C17H24O3. The van der Waals surface area contributed by atoms with Crippen molar-refractivity contribution in [2.45, 2.75) is 45.4 Å². The van der Waals surface area contributed by atoms with Gasteiger partial charge >= 0.3 is 0 Å². The molecule has 1 aromatic carbocycles. The van der Waals surface area contributed by atoms with Gasteiger partial charge in [0.15, 0.2) is 11.5 Å². The first kappa shape index (κ1) is 14.9. The normalized spacial score (nSPS) is 21.4. The van der Waals surface area contributed by atoms with Crippen molar-refractivity contribution < 1.29 is 14.3 Å². The minimum Gasteiger partial charge on any atom is -0.493 e. The van der Waals surface area contributed by atoms with Crippen LogP contribution in [0.3, 0.4) is 0 Å². The summed E-state index contributed by atoms with van der Waals surface area (Å²) in [4.78, 5) is 11.6. The van der Waals surface area contributed by atoms with Gasteiger partial charge in [0.05, 0.1) is 13.7 Å². The predicted molar refractivity (Wildman–Crippen MR) is 79.5 cm³/mol. The lowest BCUT2D eigenvalue weighted by atomic mass is 9.68. The maximum absolute atomic E-state index is 11.6. The molecule has 2 unspecified atom stereocenters. The molecule has 2 atom stereocenters. The summed E-state index contributed by atoms with van der Waals surface area (Å²) in [6.07, 6.45) is 3.74. The summed E-state index contributed by atoms with van der Waals surface area (Å²) >= 11 is 0. The zero-order valence-electron chi connectivity index (χ0n) is 12.6. The van der Waals surface area contributed by atoms with Crippen LogP contribution in [0.25, 0.3) is 0 Å². The summed E-state index contributed by atoms with van der Waals surface area (Å²) in [7, 11) is 1.66. The number of methoxy groups -OCH3 is 1. The van der Waals surface area contributed by atoms with Crippen molar-refractivity contribution in [2.24, 2.45) is 5.92 Å². The Kier molecular flexibility index (Phi) is 5.05. The van der Waals surface area contributed by atoms with Crippen LogP contribution in [0, 0.1) is 5.92 Å². The summed E-state index contributed by atoms with van der Waals surface area (Å²) in [5, 5.41) is 0. The van der Waals surface area contributed by atoms with E-state index in [0.29, 0.717) is 24.7 Å². The molecule has 0 bridgehead atoms. The average molecular weight is 276 g/mol. The van der Waals surface area contributed by atoms with Gasteiger partial charge in [0, 0.05) is 18.3 Å². The fourth-order valence-electron chi connectivity index (χ4n) is 2.80. The molecule has 3 heteroatoms. The maximum atomic E-state index is 11.6. The average Bonchev–Trinajstić information content (AvgIpc) is 2.45. The first-order valence-electron chi connectivity index (χ1n) is 7.54. The number of ether oxygens (including phenoxy) is 2. The number of hydrogen-bond donors (Lipinski definition) is 0. The summed E-state index contributed by atoms with van der Waals surface area (Å²) in [6, 6.07) is 6.07. The molecule has 0 saturated heterocycles. The van der Waals surface area contributed by atoms with Crippen molar-refractivity contribution in [3.8, 4) is 11.5 Å². The van der Waals surface area contributed by atoms with E-state index in [1.165, 1.54) is 5.56 Å². The second kappa shape index (κ2) is 6.78. The number of benzene rings is 1. The summed E-state index contributed by atoms with van der Waals surface area (Å²) in [5.41, 5.74) is 1.19. The molecule has 0 heterocycles. The predicted octanol–water partition coefficient (Wildman–Crippen LogP) is 3.96. The molecule has 1 aliphatic carbocycles. The number of Topliss-reactive ketones (excluding diaryl/α,β-unsaturated/α-hetero) is 1. The Hall–Kier alpha value is -1.51. The highest BCUT2D eigenvalue weighted by Crippen LogP contribution is 2.43. The maximum Gasteiger partial charge on any atom is 0.161 e. The highest BCUT2D eigenvalue weighted by atomic mass is 16.5. The molecule has 110 valence electrons. The molecule has 0 amide bonds. The molecule has 0 N–H and O–H groups in total. The molecule has 2 rings (SSSR count). The van der Waals surface area contributed by atoms with Gasteiger partial charge in [0.2, 0.25) is 0 Å². The van der Waals surface area contributed by atoms with Crippen LogP contribution in [0.2, 0.25) is 0 Å². The second-order valence-electron chi connectivity index (χ2n) is 5.40. The van der Waals surface area contributed by atoms with Crippen molar-refractivity contribution >= 4 is 5.78 Å². The van der Waals surface area contributed by atoms with E-state index in [4.69, 9.17) is 9.47 Å². The van der Waals surface area contributed by atoms with Crippen LogP contribution in [0.1, 0.15) is 51.0 Å². The van der Waals surface area contributed by atoms with Crippen LogP contribution in [0.15, 0.2) is 18.2 Å². The highest BCUT2D eigenvalue weighted by molar-refractivity contribution is 5.89. The van der Waals surface area contributed by atoms with Crippen LogP contribution in [-0.4, -0.2) is 19.5 Å². The standard InChI is InChI=1S/C17H24O3/c1-4-6-9-20-16-8-7-12(10-17(16)19-3)14-11-15(18)13(14)5-2/h7-8,10,13-14H,4-6,9,11H2,1-3H3. The van der Waals surface area contributed by atoms with E-state index in [0.717, 1.165) is 30.8 Å². The number of unbranched alkanes of at least 4 members (excludes halogenated alkanes) is 1. The van der Waals surface area contributed by atoms with Gasteiger partial charge in [-0.3, -0.25) is 4.79 Å². The van der Waals surface area contributed by atoms with Gasteiger partial charge in [-0.1, -0.05) is 26.3 Å². The first-order chi connectivity index (χ1) is 9.71. The summed E-state index contributed by atoms with van der Waals surface area (Å²) in [5.74, 6) is 2.49. The van der Waals surface area contributed by atoms with E-state index in [9.17, 15) is 4.79 Å². The SMILES string of the molecule is CCCCOc1ccc(C2CC(=O)C2CC)cc1OC. The lowest BCUT2D eigenvalue weighted by molar-refractivity contribution is -0.131. The molecule has 1 fully saturated rings. The van der Waals surface area contributed by atoms with Gasteiger partial charge in [-0.15, -0.1) is 0 Å². The molecule has 1 aliphatic rings. The minimum absolute atomic E-state index is 0.187. The zero-order valence-corrected chi connectivity index (χ0v) is 12.6. The van der Waals surface area contributed by atoms with Gasteiger partial charge < -0.3 is 9.47 Å². The van der Waals surface area contributed by atoms with Crippen molar-refractivity contribution in [3.05, 3.63) is 23.8 Å². The van der Waals surface area contributed by atoms with Crippen LogP contribution in [0.4, 0.5) is 0 Å². The highest BCUT2D eigenvalue weighted by Gasteiger charge is 2.39. The molecule has 0 aliphatic heterocycles. The van der Waals surface area contributed by atoms with Crippen LogP contribution in [-0.2, 0) is 4.79 Å². The Morgan fingerprint density at radius 2 is 2.05 bits per heavy atom. The van der Waals surface area contributed by atoms with E-state index in [1.54, 1.807) is 7.11 Å². The molecule has 3 nitrogen and oxygen atoms in total. The van der Waals surface area contributed by atoms with Gasteiger partial charge in [0.25, 0.3) is 0 Å². The van der Waals surface area contributed by atoms with Crippen molar-refractivity contribution in [1.82, 2.24) is 0 Å². The Morgan fingerprint density at radius 1 is 1.25 bits per heavy atom. The molecule has 0 radical (unpaired) electrons. The van der Waals surface area contributed by atoms with Gasteiger partial charge in [-0.2, -0.15) is 0 Å². The zero-order chi connectivity index (χ0) is 14.5. The third-order valence-corrected chi connectivity index (χ3v) is 4.13. The number of carbonyl (C=O) groups is 1. The molecular weight excluding hydrogens is 252 g/mol. The monoisotopic (exact) mass is 276 g/mol. The smallest absolute Gasteiger partial charge is 0.161 e. The topological polar surface area (TPSA) is 35.5 Å². The number of carbonyl (C=O) groups excluding carboxylic acids is 1. The third kappa shape index (κ3) is 2.97. The number of ketones is 1. The number of hydrogen-bond acceptors (Lipinski definition) is 3. The summed E-state index contributed by atoms with van der Waals surface area (Å²) < 4.78 is 11.2. The third-order valence-electron chi connectivity index (χ3n) is 4.13. The Labute approximate surface area is 121 Å². The fourth-order valence-corrected chi connectivity index (χ4v) is 2.80. The second-order valence-corrected chi connectivity index (χ2v) is 5.40. The van der Waals surface area contributed by atoms with Crippen LogP contribution in [0.5, 0.6) is 11.5 Å². The van der Waals surface area contributed by atoms with E-state index in [-0.39, 0.29) is 5.92 Å². The molecule has 1 saturated carbocycles. The van der Waals surface area contributed by atoms with E-state index < -0.39 is 0 Å².